The third kappa shape index (κ3) is 2.53. The van der Waals surface area contributed by atoms with Gasteiger partial charge in [-0.15, -0.1) is 0 Å². The first kappa shape index (κ1) is 11.4. The number of fused-ring (bicyclic) bond motifs is 1. The zero-order valence-electron chi connectivity index (χ0n) is 9.94. The second-order valence-corrected chi connectivity index (χ2v) is 3.98. The van der Waals surface area contributed by atoms with Crippen molar-refractivity contribution in [2.24, 2.45) is 0 Å². The number of benzene rings is 2. The van der Waals surface area contributed by atoms with Gasteiger partial charge in [-0.05, 0) is 53.1 Å². The molecule has 0 saturated carbocycles. The lowest BCUT2D eigenvalue weighted by Crippen LogP contribution is -1.83. The highest BCUT2D eigenvalue weighted by molar-refractivity contribution is 5.88. The average Bonchev–Trinajstić information content (AvgIpc) is 2.38. The largest absolute Gasteiger partial charge is 0.497 e. The standard InChI is InChI=1S/C15H14O2/c1-11(10-16)7-12-3-4-14-9-15(17-2)6-5-13(14)8-12/h3-10H,1-2H3. The molecule has 0 radical (unpaired) electrons. The smallest absolute Gasteiger partial charge is 0.145 e. The Morgan fingerprint density at radius 2 is 1.82 bits per heavy atom. The number of rotatable bonds is 3. The molecule has 0 atom stereocenters. The highest BCUT2D eigenvalue weighted by Crippen LogP contribution is 2.22. The summed E-state index contributed by atoms with van der Waals surface area (Å²) in [5.41, 5.74) is 1.75. The molecular formula is C15H14O2. The molecule has 2 heteroatoms. The van der Waals surface area contributed by atoms with Crippen molar-refractivity contribution in [1.82, 2.24) is 0 Å². The molecule has 0 spiro atoms. The molecule has 0 aliphatic carbocycles. The van der Waals surface area contributed by atoms with Crippen LogP contribution in [0.4, 0.5) is 0 Å². The summed E-state index contributed by atoms with van der Waals surface area (Å²) in [7, 11) is 1.66. The van der Waals surface area contributed by atoms with E-state index in [1.165, 1.54) is 0 Å². The molecule has 0 heterocycles. The summed E-state index contributed by atoms with van der Waals surface area (Å²) in [5, 5.41) is 2.27. The molecule has 0 fully saturated rings. The molecule has 0 aliphatic rings. The predicted octanol–water partition coefficient (Wildman–Crippen LogP) is 3.45. The Bertz CT molecular complexity index is 582. The molecule has 2 aromatic rings. The van der Waals surface area contributed by atoms with Gasteiger partial charge in [-0.3, -0.25) is 4.79 Å². The van der Waals surface area contributed by atoms with Gasteiger partial charge in [-0.25, -0.2) is 0 Å². The van der Waals surface area contributed by atoms with E-state index in [1.807, 2.05) is 36.4 Å². The lowest BCUT2D eigenvalue weighted by molar-refractivity contribution is -0.104. The second-order valence-electron chi connectivity index (χ2n) is 3.98. The van der Waals surface area contributed by atoms with E-state index in [1.54, 1.807) is 14.0 Å². The Balaban J connectivity index is 2.48. The lowest BCUT2D eigenvalue weighted by atomic mass is 10.1. The van der Waals surface area contributed by atoms with Crippen LogP contribution in [-0.2, 0) is 4.79 Å². The van der Waals surface area contributed by atoms with Crippen molar-refractivity contribution < 1.29 is 9.53 Å². The van der Waals surface area contributed by atoms with Crippen molar-refractivity contribution in [3.63, 3.8) is 0 Å². The Morgan fingerprint density at radius 3 is 2.53 bits per heavy atom. The van der Waals surface area contributed by atoms with Crippen molar-refractivity contribution >= 4 is 23.1 Å². The van der Waals surface area contributed by atoms with Gasteiger partial charge in [0.15, 0.2) is 0 Å². The van der Waals surface area contributed by atoms with Crippen LogP contribution in [0, 0.1) is 0 Å². The number of hydrogen-bond acceptors (Lipinski definition) is 2. The molecule has 0 saturated heterocycles. The van der Waals surface area contributed by atoms with E-state index < -0.39 is 0 Å². The van der Waals surface area contributed by atoms with Crippen LogP contribution in [0.15, 0.2) is 42.0 Å². The topological polar surface area (TPSA) is 26.3 Å². The number of methoxy groups -OCH3 is 1. The quantitative estimate of drug-likeness (QED) is 0.592. The highest BCUT2D eigenvalue weighted by atomic mass is 16.5. The second kappa shape index (κ2) is 4.83. The van der Waals surface area contributed by atoms with Crippen LogP contribution in [0.3, 0.4) is 0 Å². The Hall–Kier alpha value is -2.09. The van der Waals surface area contributed by atoms with Crippen molar-refractivity contribution in [1.29, 1.82) is 0 Å². The maximum atomic E-state index is 10.6. The zero-order valence-corrected chi connectivity index (χ0v) is 9.94. The molecule has 2 nitrogen and oxygen atoms in total. The monoisotopic (exact) mass is 226 g/mol. The fourth-order valence-corrected chi connectivity index (χ4v) is 1.76. The first-order chi connectivity index (χ1) is 8.22. The van der Waals surface area contributed by atoms with Crippen LogP contribution in [-0.4, -0.2) is 13.4 Å². The van der Waals surface area contributed by atoms with Crippen LogP contribution in [0.25, 0.3) is 16.8 Å². The van der Waals surface area contributed by atoms with Gasteiger partial charge in [-0.2, -0.15) is 0 Å². The van der Waals surface area contributed by atoms with Crippen LogP contribution < -0.4 is 4.74 Å². The van der Waals surface area contributed by atoms with E-state index in [9.17, 15) is 4.79 Å². The summed E-state index contributed by atoms with van der Waals surface area (Å²) < 4.78 is 5.18. The number of allylic oxidation sites excluding steroid dienone is 1. The van der Waals surface area contributed by atoms with Gasteiger partial charge in [0.1, 0.15) is 12.0 Å². The Labute approximate surface area is 101 Å². The van der Waals surface area contributed by atoms with Gasteiger partial charge in [-0.1, -0.05) is 18.2 Å². The maximum Gasteiger partial charge on any atom is 0.145 e. The molecular weight excluding hydrogens is 212 g/mol. The minimum absolute atomic E-state index is 0.720. The molecule has 0 unspecified atom stereocenters. The van der Waals surface area contributed by atoms with Gasteiger partial charge in [0.2, 0.25) is 0 Å². The first-order valence-corrected chi connectivity index (χ1v) is 5.44. The van der Waals surface area contributed by atoms with Gasteiger partial charge < -0.3 is 4.74 Å². The van der Waals surface area contributed by atoms with Gasteiger partial charge in [0, 0.05) is 0 Å². The molecule has 0 aromatic heterocycles. The SMILES string of the molecule is COc1ccc2cc(C=C(C)C=O)ccc2c1. The zero-order chi connectivity index (χ0) is 12.3. The molecule has 0 amide bonds. The third-order valence-electron chi connectivity index (χ3n) is 2.65. The third-order valence-corrected chi connectivity index (χ3v) is 2.65. The van der Waals surface area contributed by atoms with E-state index in [4.69, 9.17) is 4.74 Å². The molecule has 0 aliphatic heterocycles. The first-order valence-electron chi connectivity index (χ1n) is 5.44. The van der Waals surface area contributed by atoms with E-state index >= 15 is 0 Å². The van der Waals surface area contributed by atoms with E-state index in [0.717, 1.165) is 33.9 Å². The molecule has 86 valence electrons. The Kier molecular flexibility index (Phi) is 3.24. The summed E-state index contributed by atoms with van der Waals surface area (Å²) in [6, 6.07) is 12.0. The van der Waals surface area contributed by atoms with Crippen LogP contribution in [0.5, 0.6) is 5.75 Å². The molecule has 2 aromatic carbocycles. The molecule has 17 heavy (non-hydrogen) atoms. The number of hydrogen-bond donors (Lipinski definition) is 0. The van der Waals surface area contributed by atoms with Crippen molar-refractivity contribution in [2.75, 3.05) is 7.11 Å². The number of ether oxygens (including phenoxy) is 1. The maximum absolute atomic E-state index is 10.6. The highest BCUT2D eigenvalue weighted by Gasteiger charge is 1.97. The normalized spacial score (nSPS) is 11.5. The average molecular weight is 226 g/mol. The number of carbonyl (C=O) groups is 1. The van der Waals surface area contributed by atoms with Crippen LogP contribution >= 0.6 is 0 Å². The van der Waals surface area contributed by atoms with Crippen molar-refractivity contribution in [2.45, 2.75) is 6.92 Å². The minimum Gasteiger partial charge on any atom is -0.497 e. The van der Waals surface area contributed by atoms with Crippen molar-refractivity contribution in [3.8, 4) is 5.75 Å². The van der Waals surface area contributed by atoms with Crippen LogP contribution in [0.1, 0.15) is 12.5 Å². The molecule has 0 bridgehead atoms. The van der Waals surface area contributed by atoms with Gasteiger partial charge in [0.05, 0.1) is 7.11 Å². The fraction of sp³-hybridized carbons (Fsp3) is 0.133. The molecule has 0 N–H and O–H groups in total. The number of aldehydes is 1. The Morgan fingerprint density at radius 1 is 1.12 bits per heavy atom. The van der Waals surface area contributed by atoms with Gasteiger partial charge in [0.25, 0.3) is 0 Å². The summed E-state index contributed by atoms with van der Waals surface area (Å²) in [4.78, 5) is 10.6. The fourth-order valence-electron chi connectivity index (χ4n) is 1.76. The van der Waals surface area contributed by atoms with Crippen LogP contribution in [0.2, 0.25) is 0 Å². The lowest BCUT2D eigenvalue weighted by Gasteiger charge is -2.03. The minimum atomic E-state index is 0.720. The summed E-state index contributed by atoms with van der Waals surface area (Å²) >= 11 is 0. The van der Waals surface area contributed by atoms with Gasteiger partial charge >= 0.3 is 0 Å². The van der Waals surface area contributed by atoms with E-state index in [0.29, 0.717) is 0 Å². The summed E-state index contributed by atoms with van der Waals surface area (Å²) in [6.07, 6.45) is 2.73. The van der Waals surface area contributed by atoms with E-state index in [-0.39, 0.29) is 0 Å². The van der Waals surface area contributed by atoms with Crippen molar-refractivity contribution in [3.05, 3.63) is 47.5 Å². The van der Waals surface area contributed by atoms with E-state index in [2.05, 4.69) is 6.07 Å². The summed E-state index contributed by atoms with van der Waals surface area (Å²) in [5.74, 6) is 0.852. The molecule has 2 rings (SSSR count). The summed E-state index contributed by atoms with van der Waals surface area (Å²) in [6.45, 7) is 1.80. The predicted molar refractivity (Wildman–Crippen MR) is 70.2 cm³/mol. The number of carbonyl (C=O) groups excluding carboxylic acids is 1.